The van der Waals surface area contributed by atoms with E-state index in [1.165, 1.54) is 37.4 Å². The van der Waals surface area contributed by atoms with Gasteiger partial charge in [-0.3, -0.25) is 19.3 Å². The monoisotopic (exact) mass is 602 g/mol. The van der Waals surface area contributed by atoms with E-state index in [1.54, 1.807) is 9.80 Å². The highest BCUT2D eigenvalue weighted by Crippen LogP contribution is 2.46. The number of thioether (sulfide) groups is 1. The molecule has 0 spiro atoms. The largest absolute Gasteiger partial charge is 0.481 e. The normalized spacial score (nSPS) is 16.7. The van der Waals surface area contributed by atoms with Crippen LogP contribution in [0.2, 0.25) is 0 Å². The Balaban J connectivity index is 0.000000886. The van der Waals surface area contributed by atoms with Crippen LogP contribution in [0.15, 0.2) is 57.9 Å². The molecule has 37 heavy (non-hydrogen) atoms. The second-order valence-electron chi connectivity index (χ2n) is 8.85. The number of hydrogen-bond donors (Lipinski definition) is 1. The second kappa shape index (κ2) is 13.9. The molecular weight excluding hydrogens is 572 g/mol. The number of benzene rings is 2. The molecule has 2 aliphatic rings. The van der Waals surface area contributed by atoms with Crippen molar-refractivity contribution >= 4 is 73.3 Å². The van der Waals surface area contributed by atoms with Gasteiger partial charge in [-0.05, 0) is 30.2 Å². The van der Waals surface area contributed by atoms with Gasteiger partial charge in [-0.25, -0.2) is 0 Å². The average molecular weight is 604 g/mol. The number of carboxylic acids is 1. The summed E-state index contributed by atoms with van der Waals surface area (Å²) in [6.45, 7) is 4.35. The Morgan fingerprint density at radius 2 is 1.62 bits per heavy atom. The number of unbranched alkanes of at least 4 members (excludes halogenated alkanes) is 5. The van der Waals surface area contributed by atoms with Gasteiger partial charge in [0.15, 0.2) is 0 Å². The Morgan fingerprint density at radius 3 is 2.30 bits per heavy atom. The number of aliphatic carboxylic acids is 1. The molecule has 0 aliphatic carbocycles. The van der Waals surface area contributed by atoms with E-state index in [-0.39, 0.29) is 11.8 Å². The molecule has 0 radical (unpaired) electrons. The molecule has 6 nitrogen and oxygen atoms in total. The first-order valence-electron chi connectivity index (χ1n) is 12.4. The van der Waals surface area contributed by atoms with Crippen LogP contribution in [0.5, 0.6) is 0 Å². The summed E-state index contributed by atoms with van der Waals surface area (Å²) in [5.74, 6) is -1.12. The lowest BCUT2D eigenvalue weighted by Crippen LogP contribution is -2.30. The lowest BCUT2D eigenvalue weighted by Gasteiger charge is -2.17. The Bertz CT molecular complexity index is 1200. The molecule has 1 fully saturated rings. The van der Waals surface area contributed by atoms with Gasteiger partial charge in [0.2, 0.25) is 0 Å². The van der Waals surface area contributed by atoms with Gasteiger partial charge in [0.05, 0.1) is 22.7 Å². The average Bonchev–Trinajstić information content (AvgIpc) is 3.28. The van der Waals surface area contributed by atoms with Crippen LogP contribution >= 0.6 is 39.9 Å². The molecule has 9 heteroatoms. The maximum Gasteiger partial charge on any atom is 0.300 e. The number of halogens is 1. The molecule has 0 atom stereocenters. The summed E-state index contributed by atoms with van der Waals surface area (Å²) in [6, 6.07) is 15.7. The van der Waals surface area contributed by atoms with E-state index in [0.717, 1.165) is 41.1 Å². The summed E-state index contributed by atoms with van der Waals surface area (Å²) in [6.07, 6.45) is 6.89. The minimum atomic E-state index is -0.833. The number of carboxylic acid groups (broad SMARTS) is 1. The number of carbonyl (C=O) groups excluding carboxylic acids is 2. The minimum Gasteiger partial charge on any atom is -0.481 e. The zero-order valence-corrected chi connectivity index (χ0v) is 24.3. The summed E-state index contributed by atoms with van der Waals surface area (Å²) in [5, 5.41) is 7.42. The fraction of sp³-hybridized carbons (Fsp3) is 0.357. The molecule has 2 aliphatic heterocycles. The van der Waals surface area contributed by atoms with Crippen LogP contribution in [0.3, 0.4) is 0 Å². The first-order valence-corrected chi connectivity index (χ1v) is 14.4. The van der Waals surface area contributed by atoms with E-state index in [9.17, 15) is 9.59 Å². The van der Waals surface area contributed by atoms with Crippen molar-refractivity contribution in [1.29, 1.82) is 0 Å². The third-order valence-corrected chi connectivity index (χ3v) is 7.91. The molecule has 0 unspecified atom stereocenters. The fourth-order valence-corrected chi connectivity index (χ4v) is 5.98. The maximum atomic E-state index is 13.6. The van der Waals surface area contributed by atoms with Crippen molar-refractivity contribution in [1.82, 2.24) is 4.90 Å². The van der Waals surface area contributed by atoms with Gasteiger partial charge in [-0.1, -0.05) is 109 Å². The highest BCUT2D eigenvalue weighted by atomic mass is 79.9. The summed E-state index contributed by atoms with van der Waals surface area (Å²) in [4.78, 5) is 39.8. The zero-order valence-electron chi connectivity index (χ0n) is 21.0. The van der Waals surface area contributed by atoms with Crippen molar-refractivity contribution in [3.63, 3.8) is 0 Å². The van der Waals surface area contributed by atoms with Crippen LogP contribution in [0.4, 0.5) is 5.69 Å². The zero-order chi connectivity index (χ0) is 26.9. The third kappa shape index (κ3) is 7.52. The van der Waals surface area contributed by atoms with Crippen LogP contribution in [-0.4, -0.2) is 38.7 Å². The predicted molar refractivity (Wildman–Crippen MR) is 157 cm³/mol. The first kappa shape index (κ1) is 29.1. The van der Waals surface area contributed by atoms with Crippen LogP contribution in [0.25, 0.3) is 5.57 Å². The van der Waals surface area contributed by atoms with Gasteiger partial charge in [0.1, 0.15) is 4.32 Å². The van der Waals surface area contributed by atoms with E-state index >= 15 is 0 Å². The molecule has 2 heterocycles. The Kier molecular flexibility index (Phi) is 10.9. The summed E-state index contributed by atoms with van der Waals surface area (Å²) in [5.41, 5.74) is 3.11. The molecule has 0 bridgehead atoms. The second-order valence-corrected chi connectivity index (χ2v) is 11.4. The molecular formula is C28H31BrN2O4S2. The molecule has 2 aromatic rings. The lowest BCUT2D eigenvalue weighted by molar-refractivity contribution is -0.134. The highest BCUT2D eigenvalue weighted by Gasteiger charge is 2.41. The molecule has 0 saturated carbocycles. The van der Waals surface area contributed by atoms with Crippen molar-refractivity contribution in [2.45, 2.75) is 58.9 Å². The predicted octanol–water partition coefficient (Wildman–Crippen LogP) is 7.02. The van der Waals surface area contributed by atoms with Crippen LogP contribution in [-0.2, 0) is 20.9 Å². The number of nitrogens with zero attached hydrogens (tertiary/aromatic N) is 2. The van der Waals surface area contributed by atoms with E-state index in [1.807, 2.05) is 48.5 Å². The van der Waals surface area contributed by atoms with Gasteiger partial charge < -0.3 is 10.0 Å². The van der Waals surface area contributed by atoms with Crippen molar-refractivity contribution in [3.8, 4) is 0 Å². The van der Waals surface area contributed by atoms with Gasteiger partial charge in [-0.15, -0.1) is 0 Å². The number of thiocarbonyl (C=S) groups is 1. The molecule has 4 rings (SSSR count). The molecule has 196 valence electrons. The Labute approximate surface area is 236 Å². The number of rotatable bonds is 9. The number of amides is 2. The summed E-state index contributed by atoms with van der Waals surface area (Å²) >= 11 is 10.3. The van der Waals surface area contributed by atoms with E-state index in [4.69, 9.17) is 22.1 Å². The van der Waals surface area contributed by atoms with Gasteiger partial charge >= 0.3 is 0 Å². The number of fused-ring (bicyclic) bond motifs is 1. The molecule has 2 amide bonds. The molecule has 0 aromatic heterocycles. The topological polar surface area (TPSA) is 77.9 Å². The van der Waals surface area contributed by atoms with Crippen molar-refractivity contribution in [2.24, 2.45) is 0 Å². The van der Waals surface area contributed by atoms with Gasteiger partial charge in [0, 0.05) is 23.5 Å². The first-order chi connectivity index (χ1) is 17.7. The fourth-order valence-electron chi connectivity index (χ4n) is 4.24. The number of hydrogen-bond acceptors (Lipinski definition) is 5. The van der Waals surface area contributed by atoms with Gasteiger partial charge in [-0.2, -0.15) is 0 Å². The Hall–Kier alpha value is -2.49. The number of anilines is 1. The molecule has 1 N–H and O–H groups in total. The lowest BCUT2D eigenvalue weighted by atomic mass is 10.1. The SMILES string of the molecule is CC(=O)O.CCCCCCCCN1C(=O)/C(=C2\C(=O)N(Cc3ccccc3)c3ccc(Br)cc32)SC1=S. The van der Waals surface area contributed by atoms with Crippen LogP contribution < -0.4 is 4.90 Å². The van der Waals surface area contributed by atoms with E-state index < -0.39 is 5.97 Å². The van der Waals surface area contributed by atoms with Crippen LogP contribution in [0, 0.1) is 0 Å². The van der Waals surface area contributed by atoms with Crippen molar-refractivity contribution in [2.75, 3.05) is 11.4 Å². The van der Waals surface area contributed by atoms with E-state index in [0.29, 0.717) is 27.9 Å². The Morgan fingerprint density at radius 1 is 0.973 bits per heavy atom. The quantitative estimate of drug-likeness (QED) is 0.189. The van der Waals surface area contributed by atoms with Gasteiger partial charge in [0.25, 0.3) is 17.8 Å². The number of carbonyl (C=O) groups is 3. The van der Waals surface area contributed by atoms with Crippen molar-refractivity contribution < 1.29 is 19.5 Å². The van der Waals surface area contributed by atoms with Crippen molar-refractivity contribution in [3.05, 3.63) is 69.0 Å². The standard InChI is InChI=1S/C26H27BrN2O2S2.C2H4O2/c1-2-3-4-5-6-10-15-28-25(31)23(33-26(28)32)22-20-16-19(27)13-14-21(20)29(24(22)30)17-18-11-8-7-9-12-18;1-2(3)4/h7-9,11-14,16H,2-6,10,15,17H2,1H3;1H3,(H,3,4)/b23-22+;. The molecule has 1 saturated heterocycles. The molecule has 2 aromatic carbocycles. The minimum absolute atomic E-state index is 0.144. The summed E-state index contributed by atoms with van der Waals surface area (Å²) < 4.78 is 1.41. The van der Waals surface area contributed by atoms with Crippen LogP contribution in [0.1, 0.15) is 63.5 Å². The maximum absolute atomic E-state index is 13.6. The highest BCUT2D eigenvalue weighted by molar-refractivity contribution is 9.10. The third-order valence-electron chi connectivity index (χ3n) is 5.97. The van der Waals surface area contributed by atoms with E-state index in [2.05, 4.69) is 22.9 Å². The smallest absolute Gasteiger partial charge is 0.300 e. The summed E-state index contributed by atoms with van der Waals surface area (Å²) in [7, 11) is 0.